The summed E-state index contributed by atoms with van der Waals surface area (Å²) < 4.78 is 19.2. The van der Waals surface area contributed by atoms with Gasteiger partial charge in [0.15, 0.2) is 17.3 Å². The predicted molar refractivity (Wildman–Crippen MR) is 126 cm³/mol. The van der Waals surface area contributed by atoms with E-state index in [-0.39, 0.29) is 42.2 Å². The molecule has 0 saturated heterocycles. The number of hydrogen-bond acceptors (Lipinski definition) is 7. The fourth-order valence-corrected chi connectivity index (χ4v) is 6.87. The number of rotatable bonds is 4. The molecule has 1 saturated carbocycles. The van der Waals surface area contributed by atoms with Gasteiger partial charge in [-0.3, -0.25) is 9.69 Å². The van der Waals surface area contributed by atoms with Crippen molar-refractivity contribution in [2.24, 2.45) is 28.0 Å². The van der Waals surface area contributed by atoms with Crippen LogP contribution in [-0.2, 0) is 28.0 Å². The van der Waals surface area contributed by atoms with Crippen LogP contribution in [0.5, 0.6) is 0 Å². The van der Waals surface area contributed by atoms with Crippen molar-refractivity contribution < 1.29 is 13.9 Å². The highest BCUT2D eigenvalue weighted by atomic mass is 19.1. The molecule has 3 aliphatic rings. The maximum absolute atomic E-state index is 14.4. The topological polar surface area (TPSA) is 117 Å². The molecule has 2 aliphatic carbocycles. The first-order valence-corrected chi connectivity index (χ1v) is 12.0. The third-order valence-corrected chi connectivity index (χ3v) is 8.20. The molecule has 5 atom stereocenters. The average Bonchev–Trinajstić information content (AvgIpc) is 3.25. The van der Waals surface area contributed by atoms with Gasteiger partial charge in [-0.25, -0.2) is 19.4 Å². The Bertz CT molecular complexity index is 1240. The summed E-state index contributed by atoms with van der Waals surface area (Å²) in [5, 5.41) is 9.61. The van der Waals surface area contributed by atoms with Gasteiger partial charge in [0.25, 0.3) is 5.91 Å². The van der Waals surface area contributed by atoms with Crippen LogP contribution in [0, 0.1) is 34.4 Å². The lowest BCUT2D eigenvalue weighted by atomic mass is 9.56. The highest BCUT2D eigenvalue weighted by Crippen LogP contribution is 2.64. The van der Waals surface area contributed by atoms with E-state index >= 15 is 0 Å². The Morgan fingerprint density at radius 2 is 2.06 bits per heavy atom. The summed E-state index contributed by atoms with van der Waals surface area (Å²) >= 11 is 0. The van der Waals surface area contributed by atoms with Crippen LogP contribution in [0.4, 0.5) is 4.39 Å². The van der Waals surface area contributed by atoms with Crippen molar-refractivity contribution in [1.29, 1.82) is 5.26 Å². The Morgan fingerprint density at radius 3 is 2.71 bits per heavy atom. The number of ether oxygens (including phenoxy) is 1. The number of amides is 1. The molecule has 0 bridgehead atoms. The highest BCUT2D eigenvalue weighted by Gasteiger charge is 2.68. The first kappa shape index (κ1) is 23.4. The van der Waals surface area contributed by atoms with Crippen LogP contribution < -0.4 is 5.73 Å². The quantitative estimate of drug-likeness (QED) is 0.725. The fraction of sp³-hybridized carbons (Fsp3) is 0.500. The summed E-state index contributed by atoms with van der Waals surface area (Å²) in [6, 6.07) is 7.74. The maximum atomic E-state index is 14.4. The molecule has 2 aromatic rings. The molecule has 1 aliphatic heterocycles. The predicted octanol–water partition coefficient (Wildman–Crippen LogP) is 3.05. The van der Waals surface area contributed by atoms with Crippen molar-refractivity contribution in [2.75, 3.05) is 7.11 Å². The van der Waals surface area contributed by atoms with Crippen molar-refractivity contribution in [3.05, 3.63) is 58.9 Å². The zero-order chi connectivity index (χ0) is 25.0. The van der Waals surface area contributed by atoms with Crippen molar-refractivity contribution in [3.63, 3.8) is 0 Å². The van der Waals surface area contributed by atoms with E-state index in [1.807, 2.05) is 6.07 Å². The molecule has 35 heavy (non-hydrogen) atoms. The molecule has 182 valence electrons. The van der Waals surface area contributed by atoms with Gasteiger partial charge < -0.3 is 10.5 Å². The molecule has 1 amide bonds. The normalized spacial score (nSPS) is 31.6. The second-order valence-electron chi connectivity index (χ2n) is 10.1. The number of aromatic nitrogens is 2. The van der Waals surface area contributed by atoms with E-state index in [4.69, 9.17) is 15.5 Å². The van der Waals surface area contributed by atoms with Crippen LogP contribution >= 0.6 is 0 Å². The number of fused-ring (bicyclic) bond motifs is 3. The first-order valence-electron chi connectivity index (χ1n) is 12.0. The molecule has 0 unspecified atom stereocenters. The van der Waals surface area contributed by atoms with E-state index in [0.717, 1.165) is 42.8 Å². The van der Waals surface area contributed by atoms with Crippen molar-refractivity contribution in [2.45, 2.75) is 57.7 Å². The number of carbonyl (C=O) groups excluding carboxylic acids is 1. The average molecular weight is 477 g/mol. The van der Waals surface area contributed by atoms with Gasteiger partial charge in [-0.2, -0.15) is 5.26 Å². The van der Waals surface area contributed by atoms with Gasteiger partial charge in [0.2, 0.25) is 0 Å². The first-order chi connectivity index (χ1) is 16.8. The van der Waals surface area contributed by atoms with Crippen LogP contribution in [0.15, 0.2) is 35.6 Å². The minimum Gasteiger partial charge on any atom is -0.381 e. The smallest absolute Gasteiger partial charge is 0.262 e. The van der Waals surface area contributed by atoms with Gasteiger partial charge in [0.1, 0.15) is 5.82 Å². The van der Waals surface area contributed by atoms with Crippen molar-refractivity contribution in [1.82, 2.24) is 14.9 Å². The van der Waals surface area contributed by atoms with E-state index in [0.29, 0.717) is 12.0 Å². The summed E-state index contributed by atoms with van der Waals surface area (Å²) in [6.07, 6.45) is 5.32. The zero-order valence-corrected chi connectivity index (χ0v) is 20.2. The molecule has 8 nitrogen and oxygen atoms in total. The van der Waals surface area contributed by atoms with E-state index < -0.39 is 16.8 Å². The minimum atomic E-state index is -1.24. The highest BCUT2D eigenvalue weighted by molar-refractivity contribution is 6.08. The number of benzene rings is 1. The lowest BCUT2D eigenvalue weighted by Gasteiger charge is -2.51. The monoisotopic (exact) mass is 476 g/mol. The number of nitriles is 1. The number of nitrogens with zero attached hydrogens (tertiary/aromatic N) is 5. The van der Waals surface area contributed by atoms with Crippen LogP contribution in [0.3, 0.4) is 0 Å². The molecule has 5 rings (SSSR count). The number of carbonyl (C=O) groups is 1. The molecule has 0 radical (unpaired) electrons. The third-order valence-electron chi connectivity index (χ3n) is 8.20. The molecule has 1 aromatic carbocycles. The van der Waals surface area contributed by atoms with Gasteiger partial charge in [0.05, 0.1) is 36.7 Å². The lowest BCUT2D eigenvalue weighted by Crippen LogP contribution is -2.55. The fourth-order valence-electron chi connectivity index (χ4n) is 6.87. The summed E-state index contributed by atoms with van der Waals surface area (Å²) in [6.45, 7) is 4.32. The Hall–Kier alpha value is -3.38. The van der Waals surface area contributed by atoms with Crippen molar-refractivity contribution >= 4 is 11.9 Å². The standard InChI is InChI=1S/C26H29FN6O2/c1-4-17-9-25(8-15(2)22(17)35-3)10-18-6-5-16(11-28)7-20(18)26(25)23(34)33(24(29)32-26)14-21-30-12-19(27)13-31-21/h5-7,12-13,15,17,22H,4,8-10,14H2,1-3H3,(H2,29,32)/t15-,17+,22+,25+,26+/m0/s1. The number of halogens is 1. The number of guanidine groups is 1. The number of hydrogen-bond donors (Lipinski definition) is 1. The van der Waals surface area contributed by atoms with E-state index in [9.17, 15) is 14.4 Å². The summed E-state index contributed by atoms with van der Waals surface area (Å²) in [7, 11) is 1.75. The SMILES string of the molecule is CC[C@@H]1C[C@@]2(Cc3ccc(C#N)cc3[C@]23N=C(N)N(Cc2ncc(F)cn2)C3=O)C[C@H](C)[C@H]1OC. The third kappa shape index (κ3) is 3.34. The van der Waals surface area contributed by atoms with E-state index in [2.05, 4.69) is 29.9 Å². The molecular formula is C26H29FN6O2. The molecule has 2 heterocycles. The van der Waals surface area contributed by atoms with Crippen LogP contribution in [0.25, 0.3) is 0 Å². The summed E-state index contributed by atoms with van der Waals surface area (Å²) in [4.78, 5) is 28.7. The molecule has 1 aromatic heterocycles. The molecule has 9 heteroatoms. The lowest BCUT2D eigenvalue weighted by molar-refractivity contribution is -0.143. The summed E-state index contributed by atoms with van der Waals surface area (Å²) in [5.74, 6) is 0.0302. The maximum Gasteiger partial charge on any atom is 0.262 e. The van der Waals surface area contributed by atoms with Gasteiger partial charge in [-0.15, -0.1) is 0 Å². The summed E-state index contributed by atoms with van der Waals surface area (Å²) in [5.41, 5.74) is 6.93. The van der Waals surface area contributed by atoms with Gasteiger partial charge >= 0.3 is 0 Å². The molecule has 1 fully saturated rings. The largest absolute Gasteiger partial charge is 0.381 e. The van der Waals surface area contributed by atoms with Crippen molar-refractivity contribution in [3.8, 4) is 6.07 Å². The van der Waals surface area contributed by atoms with Crippen LogP contribution in [0.1, 0.15) is 55.6 Å². The van der Waals surface area contributed by atoms with Crippen LogP contribution in [-0.4, -0.2) is 39.9 Å². The van der Waals surface area contributed by atoms with E-state index in [1.165, 1.54) is 4.90 Å². The second kappa shape index (κ2) is 8.38. The molecule has 2 spiro atoms. The van der Waals surface area contributed by atoms with E-state index in [1.54, 1.807) is 19.2 Å². The number of nitrogens with two attached hydrogens (primary N) is 1. The Morgan fingerprint density at radius 1 is 1.31 bits per heavy atom. The van der Waals surface area contributed by atoms with Crippen LogP contribution in [0.2, 0.25) is 0 Å². The zero-order valence-electron chi connectivity index (χ0n) is 20.2. The second-order valence-corrected chi connectivity index (χ2v) is 10.1. The Labute approximate surface area is 204 Å². The minimum absolute atomic E-state index is 0.00694. The Balaban J connectivity index is 1.64. The number of aliphatic imine (C=N–C) groups is 1. The molecule has 2 N–H and O–H groups in total. The van der Waals surface area contributed by atoms with Gasteiger partial charge in [0, 0.05) is 12.5 Å². The van der Waals surface area contributed by atoms with Gasteiger partial charge in [-0.05, 0) is 54.4 Å². The molecular weight excluding hydrogens is 447 g/mol. The number of methoxy groups -OCH3 is 1. The van der Waals surface area contributed by atoms with Gasteiger partial charge in [-0.1, -0.05) is 26.3 Å². The Kier molecular flexibility index (Phi) is 5.59.